The molecule has 0 saturated carbocycles. The Morgan fingerprint density at radius 3 is 1.15 bits per heavy atom. The fraction of sp³-hybridized carbons (Fsp3) is 0.683. The molecule has 34 heteroatoms. The van der Waals surface area contributed by atoms with Gasteiger partial charge in [0.25, 0.3) is 0 Å². The topological polar surface area (TPSA) is 508 Å². The minimum absolute atomic E-state index is 0. The maximum absolute atomic E-state index is 13.6. The molecule has 0 aliphatic rings. The van der Waals surface area contributed by atoms with Crippen LogP contribution in [0.3, 0.4) is 0 Å². The fourth-order valence-corrected chi connectivity index (χ4v) is 6.04. The van der Waals surface area contributed by atoms with E-state index in [0.717, 1.165) is 20.8 Å². The van der Waals surface area contributed by atoms with Crippen LogP contribution in [0.5, 0.6) is 0 Å². The normalized spacial score (nSPS) is 13.5. The Bertz CT molecular complexity index is 1970. The molecule has 0 spiro atoms. The Morgan fingerprint density at radius 2 is 0.760 bits per heavy atom. The number of carboxylic acid groups (broad SMARTS) is 1. The molecule has 75 heavy (non-hydrogen) atoms. The van der Waals surface area contributed by atoms with E-state index in [1.165, 1.54) is 13.8 Å². The average molecular weight is 1120 g/mol. The van der Waals surface area contributed by atoms with Gasteiger partial charge in [0.2, 0.25) is 70.9 Å². The summed E-state index contributed by atoms with van der Waals surface area (Å²) in [5.41, 5.74) is 5.52. The number of nitrogens with zero attached hydrogens (tertiary/aromatic N) is 3. The van der Waals surface area contributed by atoms with E-state index in [4.69, 9.17) is 10.8 Å². The number of hydrogen-bond acceptors (Lipinski definition) is 20. The zero-order chi connectivity index (χ0) is 56.8. The van der Waals surface area contributed by atoms with Crippen molar-refractivity contribution in [2.24, 2.45) is 11.7 Å². The number of hydrogen-bond donors (Lipinski definition) is 17. The number of amides is 12. The summed E-state index contributed by atoms with van der Waals surface area (Å²) in [4.78, 5) is 163. The summed E-state index contributed by atoms with van der Waals surface area (Å²) in [7, 11) is 0. The van der Waals surface area contributed by atoms with E-state index in [2.05, 4.69) is 47.9 Å². The van der Waals surface area contributed by atoms with Crippen LogP contribution in [-0.4, -0.2) is 229 Å². The van der Waals surface area contributed by atoms with Crippen LogP contribution < -0.4 is 53.6 Å². The van der Waals surface area contributed by atoms with Gasteiger partial charge in [-0.15, -0.1) is 0 Å². The first-order valence-electron chi connectivity index (χ1n) is 22.9. The maximum Gasteiger partial charge on any atom is 0.322 e. The van der Waals surface area contributed by atoms with Crippen molar-refractivity contribution < 1.29 is 115 Å². The zero-order valence-corrected chi connectivity index (χ0v) is 43.0. The van der Waals surface area contributed by atoms with E-state index in [1.807, 2.05) is 0 Å². The van der Waals surface area contributed by atoms with Crippen LogP contribution in [0.15, 0.2) is 0 Å². The van der Waals surface area contributed by atoms with Crippen LogP contribution in [0.2, 0.25) is 0 Å². The number of aliphatic hydroxyl groups excluding tert-OH is 3. The molecule has 0 heterocycles. The Hall–Kier alpha value is -6.65. The number of rotatable bonds is 35. The predicted molar refractivity (Wildman–Crippen MR) is 248 cm³/mol. The van der Waals surface area contributed by atoms with Crippen molar-refractivity contribution in [2.75, 3.05) is 59.1 Å². The molecule has 18 N–H and O–H groups in total. The molecule has 12 amide bonds. The molecule has 0 saturated heterocycles. The molecule has 0 bridgehead atoms. The maximum atomic E-state index is 13.6. The van der Waals surface area contributed by atoms with Crippen molar-refractivity contribution in [3.05, 3.63) is 0 Å². The van der Waals surface area contributed by atoms with Gasteiger partial charge in [-0.3, -0.25) is 78.0 Å². The fourth-order valence-electron chi connectivity index (χ4n) is 6.04. The number of aliphatic carboxylic acids is 1. The van der Waals surface area contributed by atoms with Gasteiger partial charge >= 0.3 is 5.97 Å². The summed E-state index contributed by atoms with van der Waals surface area (Å²) in [6.45, 7) is -0.248. The summed E-state index contributed by atoms with van der Waals surface area (Å²) in [6, 6.07) is -11.0. The minimum Gasteiger partial charge on any atom is -0.480 e. The van der Waals surface area contributed by atoms with Gasteiger partial charge in [-0.2, -0.15) is 0 Å². The van der Waals surface area contributed by atoms with Crippen molar-refractivity contribution in [1.29, 1.82) is 0 Å². The molecule has 428 valence electrons. The number of aliphatic hydroxyl groups is 3. The second kappa shape index (κ2) is 37.1. The standard InChI is InChI=1S/C41H71N13O20.Fe/c1-21(2)34(51-32(62)16-43-37(67)27(47-35(65)25(42)18-55)10-7-13-53(73)23(4)59)41(71)50-30(20-57)40(70)48-28(11-8-14-54(74)24(5)60)39(69)49-29(19-56)38(68)44-15-31(61)46-26(36(66)45-17-33(63)64)9-6-12-52(72)22(3)58;/h21,25-30,34,55-57,72-74H,6-20,42H2,1-5H3,(H,43,67)(H,44,68)(H,45,66)(H,46,61)(H,47,65)(H,48,70)(H,49,69)(H,50,71)(H,51,62)(H,63,64);/t25-,26?,27?,28?,29+,30-,34+;/m0./s1. The van der Waals surface area contributed by atoms with Gasteiger partial charge in [0.05, 0.1) is 32.9 Å². The van der Waals surface area contributed by atoms with E-state index in [0.29, 0.717) is 10.1 Å². The third kappa shape index (κ3) is 28.6. The van der Waals surface area contributed by atoms with E-state index in [9.17, 15) is 93.3 Å². The first kappa shape index (κ1) is 70.4. The first-order valence-corrected chi connectivity index (χ1v) is 22.9. The van der Waals surface area contributed by atoms with E-state index < -0.39 is 171 Å². The van der Waals surface area contributed by atoms with Crippen LogP contribution >= 0.6 is 0 Å². The summed E-state index contributed by atoms with van der Waals surface area (Å²) in [6.07, 6.45) is -1.07. The van der Waals surface area contributed by atoms with Crippen LogP contribution in [0, 0.1) is 5.92 Å². The number of hydroxylamine groups is 6. The predicted octanol–water partition coefficient (Wildman–Crippen LogP) is -8.66. The second-order valence-corrected chi connectivity index (χ2v) is 16.7. The SMILES string of the molecule is CC(=O)N(O)CCCC(NC(=O)CNC(=O)[C@@H](CO)NC(=O)C(CCCN(O)C(C)=O)NC(=O)[C@H](CO)NC(=O)[C@H](NC(=O)CNC(=O)C(CCCN(O)C(C)=O)NC(=O)[C@@H](N)CO)C(C)C)C(=O)NCC(=O)O.[Fe]. The number of nitrogens with one attached hydrogen (secondary N) is 9. The second-order valence-electron chi connectivity index (χ2n) is 16.7. The minimum atomic E-state index is -1.84. The molecule has 0 aromatic heterocycles. The monoisotopic (exact) mass is 1120 g/mol. The van der Waals surface area contributed by atoms with E-state index in [-0.39, 0.29) is 73.9 Å². The molecule has 0 aromatic carbocycles. The summed E-state index contributed by atoms with van der Waals surface area (Å²) < 4.78 is 0. The molecule has 0 fully saturated rings. The number of carboxylic acids is 1. The van der Waals surface area contributed by atoms with E-state index >= 15 is 0 Å². The summed E-state index contributed by atoms with van der Waals surface area (Å²) in [5, 5.41) is 88.4. The third-order valence-electron chi connectivity index (χ3n) is 10.3. The smallest absolute Gasteiger partial charge is 0.322 e. The molecule has 0 aliphatic carbocycles. The van der Waals surface area contributed by atoms with Gasteiger partial charge < -0.3 is 74.0 Å². The zero-order valence-electron chi connectivity index (χ0n) is 41.9. The summed E-state index contributed by atoms with van der Waals surface area (Å²) in [5.74, 6) is -13.8. The van der Waals surface area contributed by atoms with Gasteiger partial charge in [0, 0.05) is 57.5 Å². The van der Waals surface area contributed by atoms with Crippen LogP contribution in [0.4, 0.5) is 0 Å². The third-order valence-corrected chi connectivity index (χ3v) is 10.3. The molecule has 33 nitrogen and oxygen atoms in total. The van der Waals surface area contributed by atoms with Gasteiger partial charge in [-0.1, -0.05) is 13.8 Å². The quantitative estimate of drug-likeness (QED) is 0.0159. The van der Waals surface area contributed by atoms with Crippen molar-refractivity contribution in [3.8, 4) is 0 Å². The molecule has 0 rings (SSSR count). The number of carbonyl (C=O) groups excluding carboxylic acids is 12. The molecular formula is C41H71FeN13O20. The van der Waals surface area contributed by atoms with Crippen LogP contribution in [0.25, 0.3) is 0 Å². The van der Waals surface area contributed by atoms with Gasteiger partial charge in [0.1, 0.15) is 48.8 Å². The Balaban J connectivity index is 0. The molecule has 0 radical (unpaired) electrons. The molecule has 0 aliphatic heterocycles. The molecule has 3 unspecified atom stereocenters. The largest absolute Gasteiger partial charge is 0.480 e. The number of nitrogens with two attached hydrogens (primary N) is 1. The van der Waals surface area contributed by atoms with Crippen molar-refractivity contribution >= 4 is 76.9 Å². The van der Waals surface area contributed by atoms with Crippen molar-refractivity contribution in [2.45, 2.75) is 115 Å². The van der Waals surface area contributed by atoms with Crippen molar-refractivity contribution in [1.82, 2.24) is 63.0 Å². The average Bonchev–Trinajstić information content (AvgIpc) is 3.34. The summed E-state index contributed by atoms with van der Waals surface area (Å²) >= 11 is 0. The Morgan fingerprint density at radius 1 is 0.440 bits per heavy atom. The van der Waals surface area contributed by atoms with Gasteiger partial charge in [-0.25, -0.2) is 15.2 Å². The van der Waals surface area contributed by atoms with Crippen molar-refractivity contribution in [3.63, 3.8) is 0 Å². The Labute approximate surface area is 440 Å². The first-order chi connectivity index (χ1) is 34.6. The molecular weight excluding hydrogens is 1050 g/mol. The molecule has 7 atom stereocenters. The van der Waals surface area contributed by atoms with Gasteiger partial charge in [0.15, 0.2) is 0 Å². The van der Waals surface area contributed by atoms with E-state index in [1.54, 1.807) is 0 Å². The van der Waals surface area contributed by atoms with Crippen LogP contribution in [-0.2, 0) is 79.4 Å². The van der Waals surface area contributed by atoms with Crippen LogP contribution in [0.1, 0.15) is 73.1 Å². The number of carbonyl (C=O) groups is 13. The molecule has 0 aromatic rings. The Kier molecular flexibility index (Phi) is 34.9. The van der Waals surface area contributed by atoms with Gasteiger partial charge in [-0.05, 0) is 44.4 Å².